The minimum absolute atomic E-state index is 0.0520. The molecule has 1 aliphatic carbocycles. The summed E-state index contributed by atoms with van der Waals surface area (Å²) in [5, 5.41) is 0.0520. The Hall–Kier alpha value is -2.11. The highest BCUT2D eigenvalue weighted by atomic mass is 35.5. The lowest BCUT2D eigenvalue weighted by Crippen LogP contribution is -2.13. The van der Waals surface area contributed by atoms with E-state index in [1.807, 2.05) is 13.0 Å². The van der Waals surface area contributed by atoms with E-state index >= 15 is 0 Å². The van der Waals surface area contributed by atoms with Crippen molar-refractivity contribution in [2.75, 3.05) is 0 Å². The molecule has 0 saturated carbocycles. The van der Waals surface area contributed by atoms with Crippen LogP contribution >= 0.6 is 11.6 Å². The van der Waals surface area contributed by atoms with Gasteiger partial charge in [-0.2, -0.15) is 0 Å². The van der Waals surface area contributed by atoms with Crippen molar-refractivity contribution in [3.8, 4) is 11.8 Å². The largest absolute Gasteiger partial charge is 0.206 e. The average molecular weight is 343 g/mol. The summed E-state index contributed by atoms with van der Waals surface area (Å²) in [6.45, 7) is 2.01. The zero-order valence-corrected chi connectivity index (χ0v) is 14.1. The van der Waals surface area contributed by atoms with Crippen molar-refractivity contribution in [3.63, 3.8) is 0 Å². The molecule has 2 aromatic carbocycles. The van der Waals surface area contributed by atoms with Gasteiger partial charge in [0.1, 0.15) is 11.6 Å². The molecule has 1 aliphatic rings. The first-order valence-corrected chi connectivity index (χ1v) is 8.36. The van der Waals surface area contributed by atoms with Gasteiger partial charge in [-0.05, 0) is 73.6 Å². The predicted molar refractivity (Wildman–Crippen MR) is 94.1 cm³/mol. The van der Waals surface area contributed by atoms with Crippen LogP contribution in [0.2, 0.25) is 5.02 Å². The summed E-state index contributed by atoms with van der Waals surface area (Å²) in [6.07, 6.45) is 7.10. The quantitative estimate of drug-likeness (QED) is 0.460. The smallest absolute Gasteiger partial charge is 0.143 e. The first kappa shape index (κ1) is 16.7. The maximum atomic E-state index is 14.3. The Morgan fingerprint density at radius 2 is 1.92 bits per heavy atom. The van der Waals surface area contributed by atoms with E-state index in [1.54, 1.807) is 12.1 Å². The maximum absolute atomic E-state index is 14.3. The van der Waals surface area contributed by atoms with Crippen LogP contribution in [0.3, 0.4) is 0 Å². The van der Waals surface area contributed by atoms with Gasteiger partial charge in [-0.15, -0.1) is 0 Å². The van der Waals surface area contributed by atoms with Crippen molar-refractivity contribution in [2.24, 2.45) is 5.92 Å². The van der Waals surface area contributed by atoms with E-state index in [4.69, 9.17) is 11.6 Å². The van der Waals surface area contributed by atoms with Gasteiger partial charge in [-0.3, -0.25) is 0 Å². The van der Waals surface area contributed by atoms with Gasteiger partial charge in [0, 0.05) is 5.56 Å². The third-order valence-electron chi connectivity index (χ3n) is 4.28. The number of rotatable bonds is 1. The van der Waals surface area contributed by atoms with Crippen LogP contribution in [0.5, 0.6) is 0 Å². The van der Waals surface area contributed by atoms with Crippen molar-refractivity contribution < 1.29 is 8.78 Å². The molecular formula is C21H17ClF2. The number of hydrogen-bond acceptors (Lipinski definition) is 0. The number of hydrogen-bond donors (Lipinski definition) is 0. The maximum Gasteiger partial charge on any atom is 0.143 e. The predicted octanol–water partition coefficient (Wildman–Crippen LogP) is 5.70. The number of fused-ring (bicyclic) bond motifs is 1. The zero-order valence-electron chi connectivity index (χ0n) is 13.4. The molecule has 3 heteroatoms. The second-order valence-electron chi connectivity index (χ2n) is 6.01. The highest BCUT2D eigenvalue weighted by molar-refractivity contribution is 6.30. The minimum Gasteiger partial charge on any atom is -0.206 e. The summed E-state index contributed by atoms with van der Waals surface area (Å²) in [5.74, 6) is 5.26. The van der Waals surface area contributed by atoms with Crippen LogP contribution < -0.4 is 0 Å². The van der Waals surface area contributed by atoms with E-state index in [-0.39, 0.29) is 10.8 Å². The first-order chi connectivity index (χ1) is 11.6. The Morgan fingerprint density at radius 1 is 1.08 bits per heavy atom. The third kappa shape index (κ3) is 3.68. The molecule has 0 aromatic heterocycles. The molecule has 0 heterocycles. The Morgan fingerprint density at radius 3 is 2.67 bits per heavy atom. The molecule has 1 unspecified atom stereocenters. The van der Waals surface area contributed by atoms with Crippen LogP contribution in [0.15, 0.2) is 42.5 Å². The molecule has 0 saturated heterocycles. The van der Waals surface area contributed by atoms with Crippen molar-refractivity contribution in [3.05, 3.63) is 81.4 Å². The van der Waals surface area contributed by atoms with Gasteiger partial charge >= 0.3 is 0 Å². The normalized spacial score (nSPS) is 16.6. The standard InChI is InChI=1S/C21H17ClF2/c1-2-3-14-4-7-16-12-17(20(23)13-18(16)10-14)8-5-15-6-9-19(22)21(24)11-15/h2-3,6,9,11-14H,4,7,10H2,1H3. The monoisotopic (exact) mass is 342 g/mol. The molecule has 24 heavy (non-hydrogen) atoms. The van der Waals surface area contributed by atoms with Crippen molar-refractivity contribution in [2.45, 2.75) is 26.2 Å². The van der Waals surface area contributed by atoms with Crippen molar-refractivity contribution in [1.82, 2.24) is 0 Å². The van der Waals surface area contributed by atoms with E-state index in [0.29, 0.717) is 17.0 Å². The van der Waals surface area contributed by atoms with Gasteiger partial charge < -0.3 is 0 Å². The van der Waals surface area contributed by atoms with Gasteiger partial charge in [-0.25, -0.2) is 8.78 Å². The van der Waals surface area contributed by atoms with Crippen LogP contribution in [0.25, 0.3) is 0 Å². The minimum atomic E-state index is -0.524. The van der Waals surface area contributed by atoms with Crippen molar-refractivity contribution >= 4 is 11.6 Å². The molecule has 0 spiro atoms. The second-order valence-corrected chi connectivity index (χ2v) is 6.42. The number of allylic oxidation sites excluding steroid dienone is 2. The van der Waals surface area contributed by atoms with E-state index in [2.05, 4.69) is 24.0 Å². The number of aryl methyl sites for hydroxylation is 1. The molecule has 0 nitrogen and oxygen atoms in total. The Labute approximate surface area is 146 Å². The molecule has 2 aromatic rings. The fourth-order valence-electron chi connectivity index (χ4n) is 3.05. The molecule has 0 fully saturated rings. The van der Waals surface area contributed by atoms with Gasteiger partial charge in [-0.1, -0.05) is 35.6 Å². The molecule has 0 bridgehead atoms. The van der Waals surface area contributed by atoms with E-state index in [9.17, 15) is 8.78 Å². The van der Waals surface area contributed by atoms with Crippen LogP contribution in [0.1, 0.15) is 35.6 Å². The molecule has 122 valence electrons. The summed E-state index contributed by atoms with van der Waals surface area (Å²) in [4.78, 5) is 0. The fourth-order valence-corrected chi connectivity index (χ4v) is 3.17. The van der Waals surface area contributed by atoms with Crippen LogP contribution in [0.4, 0.5) is 8.78 Å². The lowest BCUT2D eigenvalue weighted by molar-refractivity contribution is 0.544. The van der Waals surface area contributed by atoms with Crippen LogP contribution in [0, 0.1) is 29.4 Å². The number of benzene rings is 2. The molecular weight excluding hydrogens is 326 g/mol. The molecule has 0 N–H and O–H groups in total. The fraction of sp³-hybridized carbons (Fsp3) is 0.238. The van der Waals surface area contributed by atoms with Gasteiger partial charge in [0.15, 0.2) is 0 Å². The number of halogens is 3. The van der Waals surface area contributed by atoms with E-state index < -0.39 is 5.82 Å². The highest BCUT2D eigenvalue weighted by Gasteiger charge is 2.18. The van der Waals surface area contributed by atoms with Gasteiger partial charge in [0.2, 0.25) is 0 Å². The Bertz CT molecular complexity index is 856. The summed E-state index contributed by atoms with van der Waals surface area (Å²) in [5.41, 5.74) is 3.05. The Kier molecular flexibility index (Phi) is 5.02. The van der Waals surface area contributed by atoms with Gasteiger partial charge in [0.05, 0.1) is 10.6 Å². The third-order valence-corrected chi connectivity index (χ3v) is 4.59. The SMILES string of the molecule is CC=CC1CCc2cc(C#Cc3ccc(Cl)c(F)c3)c(F)cc2C1. The zero-order chi connectivity index (χ0) is 17.1. The second kappa shape index (κ2) is 7.20. The molecule has 0 aliphatic heterocycles. The molecule has 1 atom stereocenters. The summed E-state index contributed by atoms with van der Waals surface area (Å²) in [6, 6.07) is 7.75. The van der Waals surface area contributed by atoms with Crippen LogP contribution in [-0.4, -0.2) is 0 Å². The van der Waals surface area contributed by atoms with Gasteiger partial charge in [0.25, 0.3) is 0 Å². The molecule has 0 radical (unpaired) electrons. The highest BCUT2D eigenvalue weighted by Crippen LogP contribution is 2.28. The van der Waals surface area contributed by atoms with E-state index in [1.165, 1.54) is 12.1 Å². The van der Waals surface area contributed by atoms with Crippen molar-refractivity contribution in [1.29, 1.82) is 0 Å². The molecule has 0 amide bonds. The average Bonchev–Trinajstić information content (AvgIpc) is 2.56. The summed E-state index contributed by atoms with van der Waals surface area (Å²) < 4.78 is 27.8. The topological polar surface area (TPSA) is 0 Å². The van der Waals surface area contributed by atoms with E-state index in [0.717, 1.165) is 30.4 Å². The Balaban J connectivity index is 1.88. The lowest BCUT2D eigenvalue weighted by Gasteiger charge is -2.22. The first-order valence-electron chi connectivity index (χ1n) is 7.98. The summed E-state index contributed by atoms with van der Waals surface area (Å²) in [7, 11) is 0. The van der Waals surface area contributed by atoms with Crippen LogP contribution in [-0.2, 0) is 12.8 Å². The molecule has 3 rings (SSSR count). The lowest BCUT2D eigenvalue weighted by atomic mass is 9.83. The summed E-state index contributed by atoms with van der Waals surface area (Å²) >= 11 is 5.65.